The summed E-state index contributed by atoms with van der Waals surface area (Å²) in [6, 6.07) is 3.73. The minimum absolute atomic E-state index is 0.502. The molecule has 2 rings (SSSR count). The SMILES string of the molecule is Brc1cnc(C#Cc2cccnc2)nc1. The van der Waals surface area contributed by atoms with Gasteiger partial charge in [-0.05, 0) is 34.0 Å². The van der Waals surface area contributed by atoms with E-state index in [9.17, 15) is 0 Å². The number of aromatic nitrogens is 3. The molecule has 2 aromatic heterocycles. The summed E-state index contributed by atoms with van der Waals surface area (Å²) < 4.78 is 0.842. The lowest BCUT2D eigenvalue weighted by Gasteiger charge is -1.89. The second-order valence-electron chi connectivity index (χ2n) is 2.72. The Balaban J connectivity index is 2.22. The van der Waals surface area contributed by atoms with Crippen molar-refractivity contribution in [1.82, 2.24) is 15.0 Å². The quantitative estimate of drug-likeness (QED) is 0.680. The Bertz CT molecular complexity index is 497. The second kappa shape index (κ2) is 4.67. The molecule has 72 valence electrons. The van der Waals surface area contributed by atoms with Crippen molar-refractivity contribution in [1.29, 1.82) is 0 Å². The maximum absolute atomic E-state index is 4.04. The van der Waals surface area contributed by atoms with Gasteiger partial charge in [0.25, 0.3) is 0 Å². The summed E-state index contributed by atoms with van der Waals surface area (Å²) >= 11 is 3.26. The average molecular weight is 260 g/mol. The van der Waals surface area contributed by atoms with E-state index in [-0.39, 0.29) is 0 Å². The van der Waals surface area contributed by atoms with Gasteiger partial charge in [-0.15, -0.1) is 0 Å². The molecule has 0 radical (unpaired) electrons. The zero-order chi connectivity index (χ0) is 10.5. The second-order valence-corrected chi connectivity index (χ2v) is 3.63. The van der Waals surface area contributed by atoms with Gasteiger partial charge >= 0.3 is 0 Å². The Morgan fingerprint density at radius 3 is 2.53 bits per heavy atom. The molecule has 0 amide bonds. The summed E-state index contributed by atoms with van der Waals surface area (Å²) in [5.74, 6) is 6.28. The van der Waals surface area contributed by atoms with Gasteiger partial charge in [0.1, 0.15) is 0 Å². The van der Waals surface area contributed by atoms with Crippen molar-refractivity contribution in [2.45, 2.75) is 0 Å². The van der Waals surface area contributed by atoms with E-state index < -0.39 is 0 Å². The molecular formula is C11H6BrN3. The molecular weight excluding hydrogens is 254 g/mol. The van der Waals surface area contributed by atoms with Crippen LogP contribution in [0, 0.1) is 11.8 Å². The first-order valence-corrected chi connectivity index (χ1v) is 5.03. The molecule has 15 heavy (non-hydrogen) atoms. The van der Waals surface area contributed by atoms with Crippen LogP contribution in [-0.2, 0) is 0 Å². The highest BCUT2D eigenvalue weighted by Gasteiger charge is 1.90. The lowest BCUT2D eigenvalue weighted by Crippen LogP contribution is -1.86. The van der Waals surface area contributed by atoms with Crippen LogP contribution in [0.3, 0.4) is 0 Å². The molecule has 0 fully saturated rings. The molecule has 0 atom stereocenters. The lowest BCUT2D eigenvalue weighted by molar-refractivity contribution is 1.11. The highest BCUT2D eigenvalue weighted by Crippen LogP contribution is 2.03. The molecule has 2 aromatic rings. The molecule has 0 saturated carbocycles. The van der Waals surface area contributed by atoms with Crippen molar-refractivity contribution in [2.24, 2.45) is 0 Å². The number of rotatable bonds is 0. The fourth-order valence-corrected chi connectivity index (χ4v) is 1.15. The van der Waals surface area contributed by atoms with E-state index >= 15 is 0 Å². The van der Waals surface area contributed by atoms with E-state index in [1.54, 1.807) is 24.8 Å². The Labute approximate surface area is 95.7 Å². The van der Waals surface area contributed by atoms with Crippen molar-refractivity contribution in [3.63, 3.8) is 0 Å². The van der Waals surface area contributed by atoms with Gasteiger partial charge in [-0.1, -0.05) is 5.92 Å². The van der Waals surface area contributed by atoms with Gasteiger partial charge in [0.15, 0.2) is 0 Å². The number of halogens is 1. The topological polar surface area (TPSA) is 38.7 Å². The molecule has 0 aliphatic heterocycles. The molecule has 0 aromatic carbocycles. The van der Waals surface area contributed by atoms with E-state index in [1.165, 1.54) is 0 Å². The third-order valence-electron chi connectivity index (χ3n) is 1.60. The first-order valence-electron chi connectivity index (χ1n) is 4.24. The van der Waals surface area contributed by atoms with Crippen LogP contribution in [0.4, 0.5) is 0 Å². The van der Waals surface area contributed by atoms with Crippen molar-refractivity contribution >= 4 is 15.9 Å². The number of hydrogen-bond donors (Lipinski definition) is 0. The smallest absolute Gasteiger partial charge is 0.205 e. The monoisotopic (exact) mass is 259 g/mol. The number of pyridine rings is 1. The Morgan fingerprint density at radius 1 is 1.07 bits per heavy atom. The van der Waals surface area contributed by atoms with Gasteiger partial charge in [0.2, 0.25) is 5.82 Å². The third kappa shape index (κ3) is 2.86. The van der Waals surface area contributed by atoms with Crippen LogP contribution in [0.1, 0.15) is 11.4 Å². The largest absolute Gasteiger partial charge is 0.263 e. The minimum Gasteiger partial charge on any atom is -0.263 e. The van der Waals surface area contributed by atoms with Crippen molar-refractivity contribution in [2.75, 3.05) is 0 Å². The molecule has 3 nitrogen and oxygen atoms in total. The van der Waals surface area contributed by atoms with E-state index in [0.717, 1.165) is 10.0 Å². The van der Waals surface area contributed by atoms with E-state index in [4.69, 9.17) is 0 Å². The van der Waals surface area contributed by atoms with Crippen LogP contribution in [0.25, 0.3) is 0 Å². The Kier molecular flexibility index (Phi) is 3.05. The van der Waals surface area contributed by atoms with E-state index in [2.05, 4.69) is 42.7 Å². The predicted octanol–water partition coefficient (Wildman–Crippen LogP) is 2.03. The summed E-state index contributed by atoms with van der Waals surface area (Å²) in [6.45, 7) is 0. The van der Waals surface area contributed by atoms with Gasteiger partial charge in [-0.25, -0.2) is 9.97 Å². The first-order chi connectivity index (χ1) is 7.34. The zero-order valence-electron chi connectivity index (χ0n) is 7.68. The lowest BCUT2D eigenvalue weighted by atomic mass is 10.3. The average Bonchev–Trinajstić information content (AvgIpc) is 2.30. The molecule has 0 saturated heterocycles. The van der Waals surface area contributed by atoms with Gasteiger partial charge < -0.3 is 0 Å². The maximum Gasteiger partial charge on any atom is 0.205 e. The summed E-state index contributed by atoms with van der Waals surface area (Å²) in [7, 11) is 0. The van der Waals surface area contributed by atoms with Crippen LogP contribution in [-0.4, -0.2) is 15.0 Å². The number of nitrogens with zero attached hydrogens (tertiary/aromatic N) is 3. The Hall–Kier alpha value is -1.73. The maximum atomic E-state index is 4.04. The van der Waals surface area contributed by atoms with Gasteiger partial charge in [-0.3, -0.25) is 4.98 Å². The molecule has 0 aliphatic rings. The van der Waals surface area contributed by atoms with Crippen LogP contribution >= 0.6 is 15.9 Å². The summed E-state index contributed by atoms with van der Waals surface area (Å²) in [5.41, 5.74) is 0.851. The highest BCUT2D eigenvalue weighted by atomic mass is 79.9. The molecule has 4 heteroatoms. The fraction of sp³-hybridized carbons (Fsp3) is 0. The molecule has 0 bridgehead atoms. The highest BCUT2D eigenvalue weighted by molar-refractivity contribution is 9.10. The van der Waals surface area contributed by atoms with Crippen LogP contribution < -0.4 is 0 Å². The molecule has 0 N–H and O–H groups in total. The van der Waals surface area contributed by atoms with Crippen molar-refractivity contribution in [3.05, 3.63) is 52.8 Å². The standard InChI is InChI=1S/C11H6BrN3/c12-10-7-14-11(15-8-10)4-3-9-2-1-5-13-6-9/h1-2,5-8H. The van der Waals surface area contributed by atoms with Crippen LogP contribution in [0.5, 0.6) is 0 Å². The van der Waals surface area contributed by atoms with E-state index in [0.29, 0.717) is 5.82 Å². The minimum atomic E-state index is 0.502. The molecule has 0 aliphatic carbocycles. The first kappa shape index (κ1) is 9.81. The fourth-order valence-electron chi connectivity index (χ4n) is 0.942. The van der Waals surface area contributed by atoms with E-state index in [1.807, 2.05) is 12.1 Å². The summed E-state index contributed by atoms with van der Waals surface area (Å²) in [4.78, 5) is 12.0. The third-order valence-corrected chi connectivity index (χ3v) is 2.01. The van der Waals surface area contributed by atoms with Gasteiger partial charge in [-0.2, -0.15) is 0 Å². The van der Waals surface area contributed by atoms with Crippen LogP contribution in [0.15, 0.2) is 41.4 Å². The zero-order valence-corrected chi connectivity index (χ0v) is 9.27. The van der Waals surface area contributed by atoms with Crippen molar-refractivity contribution < 1.29 is 0 Å². The molecule has 2 heterocycles. The normalized spacial score (nSPS) is 9.13. The predicted molar refractivity (Wildman–Crippen MR) is 59.9 cm³/mol. The van der Waals surface area contributed by atoms with Gasteiger partial charge in [0.05, 0.1) is 4.47 Å². The molecule has 0 spiro atoms. The van der Waals surface area contributed by atoms with Gasteiger partial charge in [0, 0.05) is 30.4 Å². The van der Waals surface area contributed by atoms with Crippen molar-refractivity contribution in [3.8, 4) is 11.8 Å². The van der Waals surface area contributed by atoms with Crippen LogP contribution in [0.2, 0.25) is 0 Å². The summed E-state index contributed by atoms with van der Waals surface area (Å²) in [5, 5.41) is 0. The summed E-state index contributed by atoms with van der Waals surface area (Å²) in [6.07, 6.45) is 6.74. The Morgan fingerprint density at radius 2 is 1.87 bits per heavy atom. The number of hydrogen-bond acceptors (Lipinski definition) is 3. The molecule has 0 unspecified atom stereocenters.